The van der Waals surface area contributed by atoms with Crippen molar-refractivity contribution in [3.05, 3.63) is 5.92 Å². The molecule has 5 unspecified atom stereocenters. The summed E-state index contributed by atoms with van der Waals surface area (Å²) in [7, 11) is 0. The zero-order valence-electron chi connectivity index (χ0n) is 5.39. The predicted molar refractivity (Wildman–Crippen MR) is 33.5 cm³/mol. The normalized spacial score (nSPS) is 78.3. The van der Waals surface area contributed by atoms with E-state index in [0.717, 1.165) is 23.7 Å². The summed E-state index contributed by atoms with van der Waals surface area (Å²) < 4.78 is 0.683. The molecule has 5 rings (SSSR count). The number of hydrogen-bond donors (Lipinski definition) is 0. The minimum Gasteiger partial charge on any atom is -0.295 e. The van der Waals surface area contributed by atoms with Crippen LogP contribution < -0.4 is 18.9 Å². The molecule has 0 amide bonds. The fourth-order valence-electron chi connectivity index (χ4n) is 3.46. The van der Waals surface area contributed by atoms with Gasteiger partial charge < -0.3 is 0 Å². The number of rotatable bonds is 0. The molecule has 9 heavy (non-hydrogen) atoms. The number of alkyl halides is 1. The Labute approximate surface area is 75.1 Å². The van der Waals surface area contributed by atoms with Crippen molar-refractivity contribution in [3.8, 4) is 0 Å². The smallest absolute Gasteiger partial charge is 0.295 e. The van der Waals surface area contributed by atoms with Crippen LogP contribution in [0.2, 0.25) is 0 Å². The summed E-state index contributed by atoms with van der Waals surface area (Å²) in [6.07, 6.45) is 1.55. The van der Waals surface area contributed by atoms with Crippen molar-refractivity contribution in [2.45, 2.75) is 10.7 Å². The Morgan fingerprint density at radius 3 is 2.44 bits per heavy atom. The van der Waals surface area contributed by atoms with Gasteiger partial charge in [-0.25, -0.2) is 0 Å². The van der Waals surface area contributed by atoms with Gasteiger partial charge in [-0.2, -0.15) is 11.8 Å². The van der Waals surface area contributed by atoms with E-state index >= 15 is 0 Å². The molecule has 5 saturated carbocycles. The van der Waals surface area contributed by atoms with Crippen molar-refractivity contribution in [2.75, 3.05) is 0 Å². The average molecular weight is 177 g/mol. The van der Waals surface area contributed by atoms with Crippen LogP contribution in [0.3, 0.4) is 0 Å². The van der Waals surface area contributed by atoms with Crippen molar-refractivity contribution in [2.24, 2.45) is 23.7 Å². The zero-order valence-corrected chi connectivity index (χ0v) is 6.98. The van der Waals surface area contributed by atoms with Crippen LogP contribution in [0.1, 0.15) is 6.42 Å². The van der Waals surface area contributed by atoms with Gasteiger partial charge in [0.25, 0.3) is 0 Å². The van der Waals surface area contributed by atoms with E-state index in [4.69, 9.17) is 0 Å². The van der Waals surface area contributed by atoms with Crippen molar-refractivity contribution in [3.63, 3.8) is 0 Å². The van der Waals surface area contributed by atoms with Gasteiger partial charge >= 0.3 is 18.9 Å². The first-order valence-corrected chi connectivity index (χ1v) is 4.20. The summed E-state index contributed by atoms with van der Waals surface area (Å²) in [6.45, 7) is 0. The first-order valence-electron chi connectivity index (χ1n) is 3.41. The average Bonchev–Trinajstić information content (AvgIpc) is 2.37. The molecule has 0 aromatic heterocycles. The number of halogens is 1. The second-order valence-corrected chi connectivity index (χ2v) is 5.04. The largest absolute Gasteiger partial charge is 1.00 e. The maximum Gasteiger partial charge on any atom is 1.00 e. The van der Waals surface area contributed by atoms with E-state index in [2.05, 4.69) is 15.9 Å². The zero-order chi connectivity index (χ0) is 5.09. The van der Waals surface area contributed by atoms with Crippen molar-refractivity contribution in [1.82, 2.24) is 0 Å². The van der Waals surface area contributed by atoms with Crippen LogP contribution in [-0.2, 0) is 0 Å². The molecule has 0 spiro atoms. The second kappa shape index (κ2) is 1.11. The van der Waals surface area contributed by atoms with Crippen LogP contribution in [0.4, 0.5) is 0 Å². The molecule has 2 heteroatoms. The first kappa shape index (κ1) is 5.69. The van der Waals surface area contributed by atoms with Gasteiger partial charge in [0.05, 0.1) is 0 Å². The number of hydrogen-bond acceptors (Lipinski definition) is 0. The van der Waals surface area contributed by atoms with Gasteiger partial charge in [0.2, 0.25) is 0 Å². The summed E-state index contributed by atoms with van der Waals surface area (Å²) in [6, 6.07) is 0. The van der Waals surface area contributed by atoms with Gasteiger partial charge in [-0.3, -0.25) is 5.92 Å². The molecule has 5 aliphatic rings. The Hall–Kier alpha value is 1.08. The van der Waals surface area contributed by atoms with E-state index in [-0.39, 0.29) is 18.9 Å². The van der Waals surface area contributed by atoms with E-state index in [1.165, 1.54) is 0 Å². The molecule has 5 fully saturated rings. The summed E-state index contributed by atoms with van der Waals surface area (Å²) in [5.41, 5.74) is 0. The quantitative estimate of drug-likeness (QED) is 0.242. The molecule has 42 valence electrons. The van der Waals surface area contributed by atoms with Crippen LogP contribution in [0.5, 0.6) is 0 Å². The van der Waals surface area contributed by atoms with Crippen molar-refractivity contribution in [1.29, 1.82) is 0 Å². The van der Waals surface area contributed by atoms with Crippen LogP contribution in [0, 0.1) is 29.6 Å². The third-order valence-electron chi connectivity index (χ3n) is 3.77. The van der Waals surface area contributed by atoms with Crippen molar-refractivity contribution < 1.29 is 18.9 Å². The maximum atomic E-state index is 3.82. The molecule has 5 aliphatic carbocycles. The predicted octanol–water partition coefficient (Wildman–Crippen LogP) is -1.39. The van der Waals surface area contributed by atoms with E-state index in [1.807, 2.05) is 5.92 Å². The van der Waals surface area contributed by atoms with E-state index < -0.39 is 0 Å². The Bertz CT molecular complexity index is 184. The molecule has 2 bridgehead atoms. The van der Waals surface area contributed by atoms with E-state index in [1.54, 1.807) is 6.42 Å². The molecule has 5 atom stereocenters. The molecule has 0 N–H and O–H groups in total. The van der Waals surface area contributed by atoms with Crippen LogP contribution in [0.15, 0.2) is 0 Å². The summed E-state index contributed by atoms with van der Waals surface area (Å²) in [4.78, 5) is 0. The molecule has 0 aromatic carbocycles. The summed E-state index contributed by atoms with van der Waals surface area (Å²) in [5, 5.41) is 0. The van der Waals surface area contributed by atoms with Gasteiger partial charge in [-0.15, -0.1) is 15.9 Å². The Morgan fingerprint density at radius 2 is 2.33 bits per heavy atom. The molecular weight excluding hydrogens is 171 g/mol. The van der Waals surface area contributed by atoms with Crippen LogP contribution in [0.25, 0.3) is 0 Å². The molecule has 0 radical (unpaired) electrons. The van der Waals surface area contributed by atoms with Gasteiger partial charge in [-0.1, -0.05) is 22.6 Å². The molecule has 0 aromatic rings. The van der Waals surface area contributed by atoms with Gasteiger partial charge in [0.1, 0.15) is 0 Å². The van der Waals surface area contributed by atoms with Crippen molar-refractivity contribution >= 4 is 15.9 Å². The van der Waals surface area contributed by atoms with Crippen LogP contribution >= 0.6 is 15.9 Å². The first-order chi connectivity index (χ1) is 3.85. The van der Waals surface area contributed by atoms with E-state index in [0.29, 0.717) is 4.32 Å². The topological polar surface area (TPSA) is 0 Å². The minimum absolute atomic E-state index is 0. The molecule has 0 nitrogen and oxygen atoms in total. The molecule has 0 saturated heterocycles. The SMILES string of the molecule is BrC12[C-]3C4CC1C2C34.[Li+]. The Kier molecular flexibility index (Phi) is 0.703. The third kappa shape index (κ3) is 0.298. The third-order valence-corrected chi connectivity index (χ3v) is 5.34. The monoisotopic (exact) mass is 176 g/mol. The van der Waals surface area contributed by atoms with E-state index in [9.17, 15) is 0 Å². The summed E-state index contributed by atoms with van der Waals surface area (Å²) >= 11 is 3.82. The Balaban J connectivity index is 0.000000302. The van der Waals surface area contributed by atoms with Crippen LogP contribution in [-0.4, -0.2) is 4.32 Å². The van der Waals surface area contributed by atoms with Gasteiger partial charge in [0.15, 0.2) is 0 Å². The van der Waals surface area contributed by atoms with Gasteiger partial charge in [-0.05, 0) is 0 Å². The molecule has 0 aliphatic heterocycles. The molecular formula is C7H6BrLi. The second-order valence-electron chi connectivity index (χ2n) is 3.72. The Morgan fingerprint density at radius 1 is 1.56 bits per heavy atom. The fraction of sp³-hybridized carbons (Fsp3) is 0.857. The summed E-state index contributed by atoms with van der Waals surface area (Å²) in [5.74, 6) is 6.45. The maximum absolute atomic E-state index is 3.82. The standard InChI is InChI=1S/C7H6Br.Li/c8-7-3-1-2-4(5(2)7)6(3)7;/h2-4,6H,1H2;/q-1;+1. The minimum atomic E-state index is 0. The van der Waals surface area contributed by atoms with Gasteiger partial charge in [0, 0.05) is 0 Å². The molecule has 0 heterocycles. The fourth-order valence-corrected chi connectivity index (χ4v) is 4.97.